The molecule has 1 aliphatic carbocycles. The Morgan fingerprint density at radius 3 is 2.57 bits per heavy atom. The number of nitrogens with one attached hydrogen (secondary N) is 1. The fourth-order valence-corrected chi connectivity index (χ4v) is 3.05. The molecule has 1 atom stereocenters. The molecule has 3 heteroatoms. The molecule has 1 heterocycles. The molecule has 1 amide bonds. The van der Waals surface area contributed by atoms with Crippen LogP contribution in [-0.2, 0) is 17.6 Å². The minimum Gasteiger partial charge on any atom is -0.371 e. The molecular formula is C18H22N2O. The van der Waals surface area contributed by atoms with Gasteiger partial charge < -0.3 is 10.2 Å². The molecule has 0 spiro atoms. The van der Waals surface area contributed by atoms with Crippen LogP contribution in [0.3, 0.4) is 0 Å². The monoisotopic (exact) mass is 282 g/mol. The number of hydrogen-bond donors (Lipinski definition) is 1. The summed E-state index contributed by atoms with van der Waals surface area (Å²) in [5.74, 6) is 0.0207. The fourth-order valence-electron chi connectivity index (χ4n) is 3.05. The van der Waals surface area contributed by atoms with Gasteiger partial charge in [-0.15, -0.1) is 0 Å². The van der Waals surface area contributed by atoms with Gasteiger partial charge in [0.1, 0.15) is 0 Å². The second-order valence-corrected chi connectivity index (χ2v) is 5.89. The molecule has 0 saturated heterocycles. The van der Waals surface area contributed by atoms with Gasteiger partial charge in [0.2, 0.25) is 5.91 Å². The molecule has 110 valence electrons. The minimum atomic E-state index is 0.0207. The third-order valence-corrected chi connectivity index (χ3v) is 4.35. The number of hydrogen-bond acceptors (Lipinski definition) is 2. The second kappa shape index (κ2) is 5.76. The van der Waals surface area contributed by atoms with Gasteiger partial charge >= 0.3 is 0 Å². The quantitative estimate of drug-likeness (QED) is 0.924. The van der Waals surface area contributed by atoms with Crippen LogP contribution < -0.4 is 5.32 Å². The summed E-state index contributed by atoms with van der Waals surface area (Å²) < 4.78 is 0. The van der Waals surface area contributed by atoms with Crippen LogP contribution in [-0.4, -0.2) is 23.9 Å². The highest BCUT2D eigenvalue weighted by atomic mass is 16.1. The number of carbonyl (C=O) groups excluding carboxylic acids is 1. The molecule has 3 nitrogen and oxygen atoms in total. The first-order chi connectivity index (χ1) is 10.1. The lowest BCUT2D eigenvalue weighted by Crippen LogP contribution is -2.26. The summed E-state index contributed by atoms with van der Waals surface area (Å²) in [6.45, 7) is 5.76. The Balaban J connectivity index is 1.74. The standard InChI is InChI=1S/C18H22N2O/c1-13(19-14(2)21)16-7-6-15-8-10-20(18-4-3-5-18)11-9-17(15)12-16/h3-7,12-13H,8-11H2,1-2H3,(H,19,21). The maximum atomic E-state index is 11.2. The van der Waals surface area contributed by atoms with Crippen LogP contribution in [0.25, 0.3) is 0 Å². The molecule has 0 saturated carbocycles. The third kappa shape index (κ3) is 3.02. The Bertz CT molecular complexity index is 616. The van der Waals surface area contributed by atoms with Crippen molar-refractivity contribution in [3.63, 3.8) is 0 Å². The summed E-state index contributed by atoms with van der Waals surface area (Å²) in [7, 11) is 0. The third-order valence-electron chi connectivity index (χ3n) is 4.35. The number of amides is 1. The molecule has 1 aliphatic heterocycles. The largest absolute Gasteiger partial charge is 0.371 e. The van der Waals surface area contributed by atoms with Crippen LogP contribution in [0.4, 0.5) is 0 Å². The van der Waals surface area contributed by atoms with Crippen molar-refractivity contribution in [3.8, 4) is 0 Å². The van der Waals surface area contributed by atoms with E-state index in [1.807, 2.05) is 6.92 Å². The first-order valence-electron chi connectivity index (χ1n) is 7.65. The van der Waals surface area contributed by atoms with Crippen LogP contribution in [0.2, 0.25) is 0 Å². The summed E-state index contributed by atoms with van der Waals surface area (Å²) in [6, 6.07) is 6.73. The Morgan fingerprint density at radius 1 is 1.24 bits per heavy atom. The van der Waals surface area contributed by atoms with Gasteiger partial charge in [-0.25, -0.2) is 0 Å². The molecule has 1 N–H and O–H groups in total. The van der Waals surface area contributed by atoms with Crippen molar-refractivity contribution in [1.29, 1.82) is 0 Å². The van der Waals surface area contributed by atoms with Gasteiger partial charge in [-0.2, -0.15) is 0 Å². The second-order valence-electron chi connectivity index (χ2n) is 5.89. The lowest BCUT2D eigenvalue weighted by Gasteiger charge is -2.26. The number of carbonyl (C=O) groups is 1. The van der Waals surface area contributed by atoms with Crippen molar-refractivity contribution < 1.29 is 4.79 Å². The number of allylic oxidation sites excluding steroid dienone is 3. The van der Waals surface area contributed by atoms with Gasteiger partial charge in [-0.05, 0) is 48.6 Å². The van der Waals surface area contributed by atoms with Crippen molar-refractivity contribution in [2.24, 2.45) is 0 Å². The molecule has 0 aromatic heterocycles. The minimum absolute atomic E-state index is 0.0207. The van der Waals surface area contributed by atoms with Gasteiger partial charge in [0, 0.05) is 25.7 Å². The summed E-state index contributed by atoms with van der Waals surface area (Å²) in [5.41, 5.74) is 5.42. The van der Waals surface area contributed by atoms with Crippen molar-refractivity contribution in [3.05, 3.63) is 58.8 Å². The van der Waals surface area contributed by atoms with Crippen LogP contribution in [0.1, 0.15) is 36.6 Å². The fraction of sp³-hybridized carbons (Fsp3) is 0.389. The van der Waals surface area contributed by atoms with Gasteiger partial charge in [-0.3, -0.25) is 4.79 Å². The molecule has 21 heavy (non-hydrogen) atoms. The van der Waals surface area contributed by atoms with E-state index in [2.05, 4.69) is 46.6 Å². The van der Waals surface area contributed by atoms with E-state index in [0.29, 0.717) is 0 Å². The Morgan fingerprint density at radius 2 is 1.95 bits per heavy atom. The van der Waals surface area contributed by atoms with E-state index in [0.717, 1.165) is 25.9 Å². The van der Waals surface area contributed by atoms with E-state index in [4.69, 9.17) is 0 Å². The Hall–Kier alpha value is -2.03. The average molecular weight is 282 g/mol. The molecule has 1 aromatic rings. The highest BCUT2D eigenvalue weighted by molar-refractivity contribution is 5.73. The summed E-state index contributed by atoms with van der Waals surface area (Å²) in [4.78, 5) is 13.7. The summed E-state index contributed by atoms with van der Waals surface area (Å²) in [6.07, 6.45) is 8.62. The smallest absolute Gasteiger partial charge is 0.217 e. The predicted molar refractivity (Wildman–Crippen MR) is 84.9 cm³/mol. The first-order valence-corrected chi connectivity index (χ1v) is 7.65. The van der Waals surface area contributed by atoms with Crippen molar-refractivity contribution >= 4 is 5.91 Å². The van der Waals surface area contributed by atoms with Crippen molar-refractivity contribution in [1.82, 2.24) is 10.2 Å². The normalized spacial score (nSPS) is 18.2. The van der Waals surface area contributed by atoms with Crippen LogP contribution in [0, 0.1) is 0 Å². The van der Waals surface area contributed by atoms with E-state index in [1.165, 1.54) is 22.4 Å². The lowest BCUT2D eigenvalue weighted by atomic mass is 9.97. The van der Waals surface area contributed by atoms with Gasteiger partial charge in [0.15, 0.2) is 0 Å². The molecule has 1 unspecified atom stereocenters. The molecule has 1 aromatic carbocycles. The number of benzene rings is 1. The van der Waals surface area contributed by atoms with Crippen LogP contribution in [0.15, 0.2) is 42.1 Å². The number of nitrogens with zero attached hydrogens (tertiary/aromatic N) is 1. The topological polar surface area (TPSA) is 32.3 Å². The highest BCUT2D eigenvalue weighted by Gasteiger charge is 2.17. The summed E-state index contributed by atoms with van der Waals surface area (Å²) in [5, 5.41) is 2.96. The van der Waals surface area contributed by atoms with Gasteiger partial charge in [0.25, 0.3) is 0 Å². The zero-order chi connectivity index (χ0) is 14.8. The maximum Gasteiger partial charge on any atom is 0.217 e. The maximum absolute atomic E-state index is 11.2. The van der Waals surface area contributed by atoms with Gasteiger partial charge in [-0.1, -0.05) is 24.3 Å². The molecule has 0 bridgehead atoms. The Kier molecular flexibility index (Phi) is 3.82. The average Bonchev–Trinajstić information content (AvgIpc) is 2.58. The van der Waals surface area contributed by atoms with Crippen LogP contribution >= 0.6 is 0 Å². The van der Waals surface area contributed by atoms with E-state index >= 15 is 0 Å². The van der Waals surface area contributed by atoms with Crippen LogP contribution in [0.5, 0.6) is 0 Å². The van der Waals surface area contributed by atoms with E-state index in [9.17, 15) is 4.79 Å². The molecule has 3 rings (SSSR count). The zero-order valence-electron chi connectivity index (χ0n) is 12.7. The van der Waals surface area contributed by atoms with Crippen molar-refractivity contribution in [2.75, 3.05) is 13.1 Å². The highest BCUT2D eigenvalue weighted by Crippen LogP contribution is 2.24. The SMILES string of the molecule is CC(=O)NC(C)c1ccc2c(c1)CCN(C1=CC=C1)CC2. The number of fused-ring (bicyclic) bond motifs is 1. The lowest BCUT2D eigenvalue weighted by molar-refractivity contribution is -0.119. The molecular weight excluding hydrogens is 260 g/mol. The molecule has 0 fully saturated rings. The van der Waals surface area contributed by atoms with E-state index < -0.39 is 0 Å². The predicted octanol–water partition coefficient (Wildman–Crippen LogP) is 2.74. The van der Waals surface area contributed by atoms with E-state index in [1.54, 1.807) is 6.92 Å². The zero-order valence-corrected chi connectivity index (χ0v) is 12.7. The molecule has 2 aliphatic rings. The first kappa shape index (κ1) is 13.9. The number of rotatable bonds is 3. The van der Waals surface area contributed by atoms with Gasteiger partial charge in [0.05, 0.1) is 6.04 Å². The van der Waals surface area contributed by atoms with Crippen molar-refractivity contribution in [2.45, 2.75) is 32.7 Å². The molecule has 0 radical (unpaired) electrons. The Labute approximate surface area is 126 Å². The van der Waals surface area contributed by atoms with E-state index in [-0.39, 0.29) is 11.9 Å². The summed E-state index contributed by atoms with van der Waals surface area (Å²) >= 11 is 0.